The van der Waals surface area contributed by atoms with Crippen molar-refractivity contribution in [2.24, 2.45) is 0 Å². The van der Waals surface area contributed by atoms with Crippen LogP contribution in [0, 0.1) is 6.92 Å². The van der Waals surface area contributed by atoms with Crippen molar-refractivity contribution in [2.45, 2.75) is 20.0 Å². The first kappa shape index (κ1) is 18.5. The summed E-state index contributed by atoms with van der Waals surface area (Å²) in [5.41, 5.74) is 3.00. The molecule has 2 aromatic carbocycles. The first-order valence-corrected chi connectivity index (χ1v) is 8.77. The highest BCUT2D eigenvalue weighted by Crippen LogP contribution is 2.20. The number of anilines is 2. The molecule has 140 valence electrons. The maximum atomic E-state index is 5.39. The number of hydrogen-bond donors (Lipinski definition) is 2. The van der Waals surface area contributed by atoms with Crippen molar-refractivity contribution in [1.82, 2.24) is 9.97 Å². The van der Waals surface area contributed by atoms with E-state index < -0.39 is 0 Å². The van der Waals surface area contributed by atoms with E-state index >= 15 is 0 Å². The van der Waals surface area contributed by atoms with Gasteiger partial charge in [0.15, 0.2) is 0 Å². The van der Waals surface area contributed by atoms with E-state index in [1.54, 1.807) is 14.2 Å². The molecule has 27 heavy (non-hydrogen) atoms. The van der Waals surface area contributed by atoms with Crippen molar-refractivity contribution in [3.63, 3.8) is 0 Å². The molecule has 0 atom stereocenters. The maximum absolute atomic E-state index is 5.39. The molecule has 2 N–H and O–H groups in total. The fourth-order valence-electron chi connectivity index (χ4n) is 2.80. The lowest BCUT2D eigenvalue weighted by atomic mass is 10.2. The van der Waals surface area contributed by atoms with E-state index in [1.807, 2.05) is 61.5 Å². The summed E-state index contributed by atoms with van der Waals surface area (Å²) in [7, 11) is 3.34. The number of para-hydroxylation sites is 2. The molecule has 0 radical (unpaired) electrons. The van der Waals surface area contributed by atoms with Crippen molar-refractivity contribution in [2.75, 3.05) is 24.9 Å². The molecule has 0 aliphatic heterocycles. The van der Waals surface area contributed by atoms with Crippen molar-refractivity contribution in [1.29, 1.82) is 0 Å². The molecular formula is C21H24N4O2. The zero-order valence-corrected chi connectivity index (χ0v) is 15.8. The zero-order valence-electron chi connectivity index (χ0n) is 15.8. The van der Waals surface area contributed by atoms with E-state index in [-0.39, 0.29) is 0 Å². The number of nitrogens with zero attached hydrogens (tertiary/aromatic N) is 2. The molecule has 3 rings (SSSR count). The lowest BCUT2D eigenvalue weighted by Crippen LogP contribution is -2.09. The number of rotatable bonds is 8. The number of aromatic nitrogens is 2. The molecule has 0 aliphatic rings. The highest BCUT2D eigenvalue weighted by Gasteiger charge is 2.06. The molecule has 0 spiro atoms. The Balaban J connectivity index is 1.69. The van der Waals surface area contributed by atoms with Gasteiger partial charge >= 0.3 is 0 Å². The van der Waals surface area contributed by atoms with Crippen LogP contribution in [0.2, 0.25) is 0 Å². The molecule has 6 heteroatoms. The average molecular weight is 364 g/mol. The SMILES string of the molecule is COc1ccccc1CNc1cc(C)nc(NCc2ccccc2OC)n1. The third-order valence-electron chi connectivity index (χ3n) is 4.14. The summed E-state index contributed by atoms with van der Waals surface area (Å²) < 4.78 is 10.8. The fourth-order valence-corrected chi connectivity index (χ4v) is 2.80. The number of benzene rings is 2. The Hall–Kier alpha value is -3.28. The van der Waals surface area contributed by atoms with Crippen LogP contribution >= 0.6 is 0 Å². The molecule has 6 nitrogen and oxygen atoms in total. The summed E-state index contributed by atoms with van der Waals surface area (Å²) in [6.07, 6.45) is 0. The molecule has 1 aromatic heterocycles. The van der Waals surface area contributed by atoms with Gasteiger partial charge in [-0.15, -0.1) is 0 Å². The van der Waals surface area contributed by atoms with Crippen LogP contribution in [0.5, 0.6) is 11.5 Å². The zero-order chi connectivity index (χ0) is 19.1. The Morgan fingerprint density at radius 1 is 0.778 bits per heavy atom. The molecule has 0 saturated carbocycles. The minimum atomic E-state index is 0.573. The predicted molar refractivity (Wildman–Crippen MR) is 107 cm³/mol. The van der Waals surface area contributed by atoms with E-state index in [2.05, 4.69) is 20.6 Å². The van der Waals surface area contributed by atoms with E-state index in [0.717, 1.165) is 34.1 Å². The van der Waals surface area contributed by atoms with E-state index in [0.29, 0.717) is 19.0 Å². The highest BCUT2D eigenvalue weighted by molar-refractivity contribution is 5.45. The summed E-state index contributed by atoms with van der Waals surface area (Å²) in [5.74, 6) is 3.02. The van der Waals surface area contributed by atoms with Crippen molar-refractivity contribution < 1.29 is 9.47 Å². The molecule has 3 aromatic rings. The van der Waals surface area contributed by atoms with Gasteiger partial charge in [-0.1, -0.05) is 36.4 Å². The monoisotopic (exact) mass is 364 g/mol. The minimum absolute atomic E-state index is 0.573. The number of nitrogens with one attached hydrogen (secondary N) is 2. The minimum Gasteiger partial charge on any atom is -0.496 e. The third kappa shape index (κ3) is 4.88. The Morgan fingerprint density at radius 2 is 1.33 bits per heavy atom. The van der Waals surface area contributed by atoms with Crippen molar-refractivity contribution in [3.8, 4) is 11.5 Å². The van der Waals surface area contributed by atoms with Gasteiger partial charge in [0.1, 0.15) is 17.3 Å². The highest BCUT2D eigenvalue weighted by atomic mass is 16.5. The summed E-state index contributed by atoms with van der Waals surface area (Å²) in [6.45, 7) is 3.15. The van der Waals surface area contributed by atoms with Crippen LogP contribution in [0.25, 0.3) is 0 Å². The maximum Gasteiger partial charge on any atom is 0.225 e. The molecule has 0 unspecified atom stereocenters. The van der Waals surface area contributed by atoms with Gasteiger partial charge in [0.25, 0.3) is 0 Å². The molecule has 0 amide bonds. The molecule has 1 heterocycles. The van der Waals surface area contributed by atoms with Crippen LogP contribution in [0.15, 0.2) is 54.6 Å². The van der Waals surface area contributed by atoms with Crippen LogP contribution in [-0.2, 0) is 13.1 Å². The van der Waals surface area contributed by atoms with Gasteiger partial charge in [-0.05, 0) is 19.1 Å². The van der Waals surface area contributed by atoms with Gasteiger partial charge < -0.3 is 20.1 Å². The predicted octanol–water partition coefficient (Wildman–Crippen LogP) is 4.03. The standard InChI is InChI=1S/C21H24N4O2/c1-15-12-20(22-13-16-8-4-6-10-18(16)26-2)25-21(24-15)23-14-17-9-5-7-11-19(17)27-3/h4-12H,13-14H2,1-3H3,(H2,22,23,24,25). The first-order valence-electron chi connectivity index (χ1n) is 8.77. The Morgan fingerprint density at radius 3 is 1.93 bits per heavy atom. The normalized spacial score (nSPS) is 10.3. The van der Waals surface area contributed by atoms with Gasteiger partial charge in [0.2, 0.25) is 5.95 Å². The second-order valence-corrected chi connectivity index (χ2v) is 6.05. The lowest BCUT2D eigenvalue weighted by Gasteiger charge is -2.13. The van der Waals surface area contributed by atoms with Crippen LogP contribution in [-0.4, -0.2) is 24.2 Å². The van der Waals surface area contributed by atoms with Gasteiger partial charge in [-0.2, -0.15) is 4.98 Å². The fraction of sp³-hybridized carbons (Fsp3) is 0.238. The lowest BCUT2D eigenvalue weighted by molar-refractivity contribution is 0.410. The average Bonchev–Trinajstić information content (AvgIpc) is 2.70. The van der Waals surface area contributed by atoms with Gasteiger partial charge in [0.05, 0.1) is 14.2 Å². The van der Waals surface area contributed by atoms with Crippen LogP contribution in [0.3, 0.4) is 0 Å². The largest absolute Gasteiger partial charge is 0.496 e. The van der Waals surface area contributed by atoms with Crippen molar-refractivity contribution in [3.05, 3.63) is 71.4 Å². The number of hydrogen-bond acceptors (Lipinski definition) is 6. The molecule has 0 bridgehead atoms. The quantitative estimate of drug-likeness (QED) is 0.629. The Bertz CT molecular complexity index is 829. The molecule has 0 saturated heterocycles. The van der Waals surface area contributed by atoms with Gasteiger partial charge in [-0.3, -0.25) is 0 Å². The summed E-state index contributed by atoms with van der Waals surface area (Å²) in [6, 6.07) is 17.7. The number of ether oxygens (including phenoxy) is 2. The van der Waals surface area contributed by atoms with Crippen LogP contribution in [0.4, 0.5) is 11.8 Å². The van der Waals surface area contributed by atoms with Gasteiger partial charge in [0, 0.05) is 36.0 Å². The van der Waals surface area contributed by atoms with Crippen LogP contribution in [0.1, 0.15) is 16.8 Å². The Kier molecular flexibility index (Phi) is 6.10. The first-order chi connectivity index (χ1) is 13.2. The summed E-state index contributed by atoms with van der Waals surface area (Å²) in [4.78, 5) is 9.03. The summed E-state index contributed by atoms with van der Waals surface area (Å²) >= 11 is 0. The van der Waals surface area contributed by atoms with E-state index in [9.17, 15) is 0 Å². The molecular weight excluding hydrogens is 340 g/mol. The van der Waals surface area contributed by atoms with Crippen LogP contribution < -0.4 is 20.1 Å². The molecule has 0 fully saturated rings. The van der Waals surface area contributed by atoms with Gasteiger partial charge in [-0.25, -0.2) is 4.98 Å². The second kappa shape index (κ2) is 8.89. The third-order valence-corrected chi connectivity index (χ3v) is 4.14. The van der Waals surface area contributed by atoms with E-state index in [1.165, 1.54) is 0 Å². The van der Waals surface area contributed by atoms with E-state index in [4.69, 9.17) is 9.47 Å². The van der Waals surface area contributed by atoms with Crippen molar-refractivity contribution >= 4 is 11.8 Å². The number of aryl methyl sites for hydroxylation is 1. The smallest absolute Gasteiger partial charge is 0.225 e. The summed E-state index contributed by atoms with van der Waals surface area (Å²) in [5, 5.41) is 6.61. The Labute approximate surface area is 159 Å². The second-order valence-electron chi connectivity index (χ2n) is 6.05. The topological polar surface area (TPSA) is 68.3 Å². The molecule has 0 aliphatic carbocycles. The number of methoxy groups -OCH3 is 2.